The maximum Gasteiger partial charge on any atom is 0.419 e. The van der Waals surface area contributed by atoms with Gasteiger partial charge in [-0.3, -0.25) is 9.29 Å². The van der Waals surface area contributed by atoms with Gasteiger partial charge in [0.1, 0.15) is 5.75 Å². The molecule has 0 bridgehead atoms. The number of hydrogen-bond acceptors (Lipinski definition) is 5. The van der Waals surface area contributed by atoms with Crippen molar-refractivity contribution in [2.24, 2.45) is 7.05 Å². The molecule has 0 aliphatic rings. The Morgan fingerprint density at radius 1 is 1.17 bits per heavy atom. The van der Waals surface area contributed by atoms with Gasteiger partial charge in [0.15, 0.2) is 5.58 Å². The lowest BCUT2D eigenvalue weighted by Gasteiger charge is -2.10. The van der Waals surface area contributed by atoms with Crippen LogP contribution in [0.25, 0.3) is 11.1 Å². The molecule has 0 aliphatic heterocycles. The number of sulfonamides is 1. The van der Waals surface area contributed by atoms with Gasteiger partial charge in [0, 0.05) is 18.8 Å². The smallest absolute Gasteiger partial charge is 0.419 e. The zero-order valence-corrected chi connectivity index (χ0v) is 14.2. The molecule has 0 spiro atoms. The van der Waals surface area contributed by atoms with E-state index in [1.165, 1.54) is 22.8 Å². The summed E-state index contributed by atoms with van der Waals surface area (Å²) in [6, 6.07) is 9.27. The summed E-state index contributed by atoms with van der Waals surface area (Å²) in [5.41, 5.74) is 1.97. The van der Waals surface area contributed by atoms with Gasteiger partial charge in [-0.25, -0.2) is 13.2 Å². The molecule has 3 rings (SSSR count). The number of nitrogens with one attached hydrogen (secondary N) is 1. The number of methoxy groups -OCH3 is 1. The normalized spacial score (nSPS) is 11.6. The monoisotopic (exact) mass is 348 g/mol. The molecule has 1 N–H and O–H groups in total. The molecule has 7 nitrogen and oxygen atoms in total. The van der Waals surface area contributed by atoms with Gasteiger partial charge < -0.3 is 9.15 Å². The van der Waals surface area contributed by atoms with Gasteiger partial charge in [-0.2, -0.15) is 0 Å². The van der Waals surface area contributed by atoms with E-state index < -0.39 is 15.8 Å². The first-order valence-corrected chi connectivity index (χ1v) is 8.57. The van der Waals surface area contributed by atoms with Gasteiger partial charge in [0.05, 0.1) is 17.5 Å². The number of nitrogens with zero attached hydrogens (tertiary/aromatic N) is 1. The molecule has 0 saturated carbocycles. The van der Waals surface area contributed by atoms with E-state index in [0.29, 0.717) is 17.0 Å². The van der Waals surface area contributed by atoms with Crippen molar-refractivity contribution < 1.29 is 17.6 Å². The maximum absolute atomic E-state index is 12.5. The summed E-state index contributed by atoms with van der Waals surface area (Å²) in [5, 5.41) is 0. The van der Waals surface area contributed by atoms with E-state index in [1.807, 2.05) is 6.92 Å². The van der Waals surface area contributed by atoms with Crippen molar-refractivity contribution in [2.45, 2.75) is 11.8 Å². The third kappa shape index (κ3) is 2.76. The van der Waals surface area contributed by atoms with Crippen LogP contribution >= 0.6 is 0 Å². The average Bonchev–Trinajstić information content (AvgIpc) is 2.81. The van der Waals surface area contributed by atoms with E-state index in [4.69, 9.17) is 9.15 Å². The van der Waals surface area contributed by atoms with Gasteiger partial charge in [0.2, 0.25) is 0 Å². The van der Waals surface area contributed by atoms with Crippen LogP contribution in [0.2, 0.25) is 0 Å². The fourth-order valence-corrected chi connectivity index (χ4v) is 3.50. The number of fused-ring (bicyclic) bond motifs is 1. The number of anilines is 1. The number of aromatic nitrogens is 1. The largest absolute Gasteiger partial charge is 0.496 e. The molecule has 2 aromatic carbocycles. The highest BCUT2D eigenvalue weighted by Gasteiger charge is 2.17. The second kappa shape index (κ2) is 5.72. The molecule has 1 heterocycles. The number of rotatable bonds is 4. The van der Waals surface area contributed by atoms with Crippen LogP contribution in [-0.2, 0) is 17.1 Å². The summed E-state index contributed by atoms with van der Waals surface area (Å²) in [6.07, 6.45) is 0. The molecule has 0 radical (unpaired) electrons. The highest BCUT2D eigenvalue weighted by atomic mass is 32.2. The minimum Gasteiger partial charge on any atom is -0.496 e. The topological polar surface area (TPSA) is 90.5 Å². The third-order valence-corrected chi connectivity index (χ3v) is 5.10. The van der Waals surface area contributed by atoms with Crippen LogP contribution in [0, 0.1) is 6.92 Å². The Hall–Kier alpha value is -2.74. The van der Waals surface area contributed by atoms with E-state index in [0.717, 1.165) is 5.56 Å². The SMILES string of the molecule is COc1ccc(NS(=O)(=O)c2ccc3c(c2)oc(=O)n3C)cc1C. The lowest BCUT2D eigenvalue weighted by atomic mass is 10.2. The third-order valence-electron chi connectivity index (χ3n) is 3.72. The van der Waals surface area contributed by atoms with Crippen molar-refractivity contribution in [3.05, 3.63) is 52.5 Å². The van der Waals surface area contributed by atoms with Crippen LogP contribution in [0.15, 0.2) is 50.5 Å². The van der Waals surface area contributed by atoms with Crippen LogP contribution < -0.4 is 15.2 Å². The van der Waals surface area contributed by atoms with Crippen LogP contribution in [-0.4, -0.2) is 20.1 Å². The van der Waals surface area contributed by atoms with Crippen molar-refractivity contribution in [1.82, 2.24) is 4.57 Å². The van der Waals surface area contributed by atoms with Crippen molar-refractivity contribution in [2.75, 3.05) is 11.8 Å². The molecule has 0 aliphatic carbocycles. The Labute approximate surface area is 138 Å². The average molecular weight is 348 g/mol. The first-order valence-electron chi connectivity index (χ1n) is 7.09. The quantitative estimate of drug-likeness (QED) is 0.781. The van der Waals surface area contributed by atoms with Crippen LogP contribution in [0.1, 0.15) is 5.56 Å². The summed E-state index contributed by atoms with van der Waals surface area (Å²) in [4.78, 5) is 11.5. The van der Waals surface area contributed by atoms with E-state index in [-0.39, 0.29) is 10.5 Å². The highest BCUT2D eigenvalue weighted by molar-refractivity contribution is 7.92. The fourth-order valence-electron chi connectivity index (χ4n) is 2.44. The first kappa shape index (κ1) is 16.1. The lowest BCUT2D eigenvalue weighted by molar-refractivity contribution is 0.412. The standard InChI is InChI=1S/C16H16N2O5S/c1-10-8-11(4-7-14(10)22-3)17-24(20,21)12-5-6-13-15(9-12)23-16(19)18(13)2/h4-9,17H,1-3H3. The molecule has 3 aromatic rings. The first-order chi connectivity index (χ1) is 11.3. The number of benzene rings is 2. The molecule has 8 heteroatoms. The van der Waals surface area contributed by atoms with E-state index in [2.05, 4.69) is 4.72 Å². The molecule has 24 heavy (non-hydrogen) atoms. The van der Waals surface area contributed by atoms with Crippen LogP contribution in [0.3, 0.4) is 0 Å². The number of oxazole rings is 1. The molecule has 0 saturated heterocycles. The van der Waals surface area contributed by atoms with Crippen molar-refractivity contribution in [3.63, 3.8) is 0 Å². The van der Waals surface area contributed by atoms with Gasteiger partial charge in [-0.15, -0.1) is 0 Å². The Balaban J connectivity index is 1.98. The highest BCUT2D eigenvalue weighted by Crippen LogP contribution is 2.24. The Morgan fingerprint density at radius 3 is 2.58 bits per heavy atom. The second-order valence-corrected chi connectivity index (χ2v) is 7.03. The van der Waals surface area contributed by atoms with Gasteiger partial charge in [-0.1, -0.05) is 0 Å². The van der Waals surface area contributed by atoms with Crippen LogP contribution in [0.5, 0.6) is 5.75 Å². The van der Waals surface area contributed by atoms with Crippen molar-refractivity contribution in [1.29, 1.82) is 0 Å². The molecule has 0 fully saturated rings. The van der Waals surface area contributed by atoms with E-state index in [1.54, 1.807) is 32.4 Å². The molecule has 0 amide bonds. The summed E-state index contributed by atoms with van der Waals surface area (Å²) >= 11 is 0. The summed E-state index contributed by atoms with van der Waals surface area (Å²) < 4.78 is 39.1. The van der Waals surface area contributed by atoms with Gasteiger partial charge in [0.25, 0.3) is 10.0 Å². The zero-order valence-electron chi connectivity index (χ0n) is 13.4. The summed E-state index contributed by atoms with van der Waals surface area (Å²) in [7, 11) is -0.700. The van der Waals surface area contributed by atoms with Crippen molar-refractivity contribution >= 4 is 26.8 Å². The Kier molecular flexibility index (Phi) is 3.84. The Morgan fingerprint density at radius 2 is 1.92 bits per heavy atom. The number of hydrogen-bond donors (Lipinski definition) is 1. The van der Waals surface area contributed by atoms with Gasteiger partial charge >= 0.3 is 5.76 Å². The second-order valence-electron chi connectivity index (χ2n) is 5.35. The minimum atomic E-state index is -3.81. The molecule has 1 aromatic heterocycles. The minimum absolute atomic E-state index is 0.0119. The molecule has 126 valence electrons. The number of ether oxygens (including phenoxy) is 1. The van der Waals surface area contributed by atoms with Crippen molar-refractivity contribution in [3.8, 4) is 5.75 Å². The van der Waals surface area contributed by atoms with Gasteiger partial charge in [-0.05, 0) is 42.8 Å². The summed E-state index contributed by atoms with van der Waals surface area (Å²) in [6.45, 7) is 1.82. The predicted molar refractivity (Wildman–Crippen MR) is 90.0 cm³/mol. The molecule has 0 atom stereocenters. The lowest BCUT2D eigenvalue weighted by Crippen LogP contribution is -2.13. The zero-order chi connectivity index (χ0) is 17.5. The van der Waals surface area contributed by atoms with Crippen LogP contribution in [0.4, 0.5) is 5.69 Å². The fraction of sp³-hybridized carbons (Fsp3) is 0.188. The van der Waals surface area contributed by atoms with E-state index >= 15 is 0 Å². The van der Waals surface area contributed by atoms with E-state index in [9.17, 15) is 13.2 Å². The Bertz CT molecular complexity index is 1080. The molecular formula is C16H16N2O5S. The summed E-state index contributed by atoms with van der Waals surface area (Å²) in [5.74, 6) is 0.128. The molecule has 0 unspecified atom stereocenters. The predicted octanol–water partition coefficient (Wildman–Crippen LogP) is 2.25. The number of aryl methyl sites for hydroxylation is 2. The maximum atomic E-state index is 12.5. The molecular weight excluding hydrogens is 332 g/mol.